The van der Waals surface area contributed by atoms with E-state index < -0.39 is 30.2 Å². The first-order chi connectivity index (χ1) is 9.58. The van der Waals surface area contributed by atoms with Crippen LogP contribution in [-0.2, 0) is 9.53 Å². The Hall–Kier alpha value is -1.79. The summed E-state index contributed by atoms with van der Waals surface area (Å²) in [5.74, 6) is -1.13. The van der Waals surface area contributed by atoms with Gasteiger partial charge in [-0.3, -0.25) is 10.1 Å². The maximum atomic E-state index is 11.6. The Morgan fingerprint density at radius 1 is 1.38 bits per heavy atom. The van der Waals surface area contributed by atoms with Gasteiger partial charge in [-0.25, -0.2) is 4.79 Å². The molecule has 0 saturated carbocycles. The van der Waals surface area contributed by atoms with Crippen molar-refractivity contribution in [3.63, 3.8) is 0 Å². The Kier molecular flexibility index (Phi) is 5.57. The molecule has 0 heterocycles. The quantitative estimate of drug-likeness (QED) is 0.793. The molecule has 1 aromatic rings. The summed E-state index contributed by atoms with van der Waals surface area (Å²) in [5.41, 5.74) is 0.0558. The van der Waals surface area contributed by atoms with E-state index in [1.165, 1.54) is 18.2 Å². The van der Waals surface area contributed by atoms with Crippen molar-refractivity contribution in [1.29, 1.82) is 0 Å². The van der Waals surface area contributed by atoms with Crippen LogP contribution >= 0.6 is 11.6 Å². The van der Waals surface area contributed by atoms with Crippen molar-refractivity contribution in [2.45, 2.75) is 38.9 Å². The van der Waals surface area contributed by atoms with Gasteiger partial charge >= 0.3 is 12.1 Å². The Balaban J connectivity index is 2.78. The lowest BCUT2D eigenvalue weighted by molar-refractivity contribution is -0.139. The van der Waals surface area contributed by atoms with E-state index >= 15 is 0 Å². The third kappa shape index (κ3) is 6.01. The molecule has 0 fully saturated rings. The van der Waals surface area contributed by atoms with Gasteiger partial charge in [-0.05, 0) is 38.5 Å². The third-order valence-corrected chi connectivity index (χ3v) is 2.70. The molecule has 0 bridgehead atoms. The number of carboxylic acids is 1. The van der Waals surface area contributed by atoms with Crippen molar-refractivity contribution < 1.29 is 24.5 Å². The largest absolute Gasteiger partial charge is 0.481 e. The highest BCUT2D eigenvalue weighted by atomic mass is 35.5. The predicted octanol–water partition coefficient (Wildman–Crippen LogP) is 3.20. The number of halogens is 1. The monoisotopic (exact) mass is 315 g/mol. The van der Waals surface area contributed by atoms with E-state index in [0.29, 0.717) is 5.69 Å². The number of aliphatic hydroxyl groups excluding tert-OH is 1. The normalized spacial score (nSPS) is 12.6. The van der Waals surface area contributed by atoms with Crippen molar-refractivity contribution in [2.24, 2.45) is 0 Å². The maximum Gasteiger partial charge on any atom is 0.412 e. The van der Waals surface area contributed by atoms with Gasteiger partial charge in [0.2, 0.25) is 0 Å². The number of aliphatic hydroxyl groups is 1. The molecule has 0 saturated heterocycles. The van der Waals surface area contributed by atoms with E-state index in [0.717, 1.165) is 0 Å². The molecule has 6 nitrogen and oxygen atoms in total. The number of nitrogens with one attached hydrogen (secondary N) is 1. The predicted molar refractivity (Wildman–Crippen MR) is 78.5 cm³/mol. The van der Waals surface area contributed by atoms with E-state index in [1.54, 1.807) is 20.8 Å². The third-order valence-electron chi connectivity index (χ3n) is 2.37. The fraction of sp³-hybridized carbons (Fsp3) is 0.429. The van der Waals surface area contributed by atoms with Gasteiger partial charge < -0.3 is 14.9 Å². The van der Waals surface area contributed by atoms with Gasteiger partial charge in [0, 0.05) is 10.7 Å². The number of hydrogen-bond acceptors (Lipinski definition) is 4. The molecule has 7 heteroatoms. The van der Waals surface area contributed by atoms with Gasteiger partial charge in [-0.2, -0.15) is 0 Å². The van der Waals surface area contributed by atoms with Gasteiger partial charge in [-0.15, -0.1) is 0 Å². The van der Waals surface area contributed by atoms with Crippen LogP contribution in [0.25, 0.3) is 0 Å². The Morgan fingerprint density at radius 2 is 2.00 bits per heavy atom. The first kappa shape index (κ1) is 17.3. The van der Waals surface area contributed by atoms with Crippen LogP contribution in [-0.4, -0.2) is 27.9 Å². The number of carboxylic acid groups (broad SMARTS) is 1. The molecule has 0 aliphatic heterocycles. The molecule has 0 spiro atoms. The fourth-order valence-corrected chi connectivity index (χ4v) is 1.88. The SMILES string of the molecule is CC(C)(C)OC(=O)Nc1ccc([C@@H](O)CC(=O)O)c(Cl)c1. The molecule has 116 valence electrons. The number of ether oxygens (including phenoxy) is 1. The Bertz CT molecular complexity index is 539. The topological polar surface area (TPSA) is 95.9 Å². The lowest BCUT2D eigenvalue weighted by atomic mass is 10.1. The highest BCUT2D eigenvalue weighted by Gasteiger charge is 2.18. The number of carbonyl (C=O) groups is 2. The van der Waals surface area contributed by atoms with Crippen LogP contribution in [0.1, 0.15) is 38.9 Å². The number of anilines is 1. The van der Waals surface area contributed by atoms with Gasteiger partial charge in [0.05, 0.1) is 12.5 Å². The molecule has 0 unspecified atom stereocenters. The van der Waals surface area contributed by atoms with Crippen LogP contribution in [0.4, 0.5) is 10.5 Å². The molecule has 21 heavy (non-hydrogen) atoms. The zero-order valence-electron chi connectivity index (χ0n) is 12.0. The number of carbonyl (C=O) groups excluding carboxylic acids is 1. The van der Waals surface area contributed by atoms with Crippen molar-refractivity contribution in [1.82, 2.24) is 0 Å². The molecule has 0 aliphatic carbocycles. The summed E-state index contributed by atoms with van der Waals surface area (Å²) in [6.07, 6.45) is -2.28. The van der Waals surface area contributed by atoms with Gasteiger partial charge in [0.1, 0.15) is 5.60 Å². The molecule has 0 radical (unpaired) electrons. The van der Waals surface area contributed by atoms with Crippen LogP contribution in [0.3, 0.4) is 0 Å². The molecule has 0 aromatic heterocycles. The van der Waals surface area contributed by atoms with Crippen LogP contribution in [0.15, 0.2) is 18.2 Å². The van der Waals surface area contributed by atoms with E-state index in [1.807, 2.05) is 0 Å². The number of hydrogen-bond donors (Lipinski definition) is 3. The van der Waals surface area contributed by atoms with E-state index in [4.69, 9.17) is 21.4 Å². The number of aliphatic carboxylic acids is 1. The van der Waals surface area contributed by atoms with Gasteiger partial charge in [0.15, 0.2) is 0 Å². The zero-order valence-corrected chi connectivity index (χ0v) is 12.8. The average molecular weight is 316 g/mol. The second-order valence-corrected chi connectivity index (χ2v) is 5.88. The zero-order chi connectivity index (χ0) is 16.2. The summed E-state index contributed by atoms with van der Waals surface area (Å²) in [6, 6.07) is 4.39. The molecular formula is C14H18ClNO5. The van der Waals surface area contributed by atoms with Gasteiger partial charge in [-0.1, -0.05) is 17.7 Å². The average Bonchev–Trinajstić information content (AvgIpc) is 2.24. The minimum atomic E-state index is -1.20. The van der Waals surface area contributed by atoms with Crippen LogP contribution in [0.5, 0.6) is 0 Å². The van der Waals surface area contributed by atoms with Crippen molar-refractivity contribution in [3.8, 4) is 0 Å². The standard InChI is InChI=1S/C14H18ClNO5/c1-14(2,3)21-13(20)16-8-4-5-9(10(15)6-8)11(17)7-12(18)19/h4-6,11,17H,7H2,1-3H3,(H,16,20)(H,18,19)/t11-/m0/s1. The van der Waals surface area contributed by atoms with Crippen LogP contribution < -0.4 is 5.32 Å². The minimum Gasteiger partial charge on any atom is -0.481 e. The number of amides is 1. The highest BCUT2D eigenvalue weighted by Crippen LogP contribution is 2.28. The number of benzene rings is 1. The second-order valence-electron chi connectivity index (χ2n) is 5.48. The first-order valence-corrected chi connectivity index (χ1v) is 6.65. The molecule has 1 aromatic carbocycles. The number of rotatable bonds is 4. The van der Waals surface area contributed by atoms with Crippen molar-refractivity contribution in [3.05, 3.63) is 28.8 Å². The van der Waals surface area contributed by atoms with Crippen molar-refractivity contribution >= 4 is 29.4 Å². The summed E-state index contributed by atoms with van der Waals surface area (Å²) in [7, 11) is 0. The van der Waals surface area contributed by atoms with Crippen LogP contribution in [0.2, 0.25) is 5.02 Å². The molecule has 0 aliphatic rings. The summed E-state index contributed by atoms with van der Waals surface area (Å²) >= 11 is 5.98. The van der Waals surface area contributed by atoms with E-state index in [9.17, 15) is 14.7 Å². The minimum absolute atomic E-state index is 0.164. The summed E-state index contributed by atoms with van der Waals surface area (Å²) in [6.45, 7) is 5.22. The summed E-state index contributed by atoms with van der Waals surface area (Å²) < 4.78 is 5.09. The highest BCUT2D eigenvalue weighted by molar-refractivity contribution is 6.31. The molecule has 1 atom stereocenters. The smallest absolute Gasteiger partial charge is 0.412 e. The van der Waals surface area contributed by atoms with Gasteiger partial charge in [0.25, 0.3) is 0 Å². The van der Waals surface area contributed by atoms with Crippen molar-refractivity contribution in [2.75, 3.05) is 5.32 Å². The molecular weight excluding hydrogens is 298 g/mol. The maximum absolute atomic E-state index is 11.6. The molecule has 3 N–H and O–H groups in total. The van der Waals surface area contributed by atoms with Crippen LogP contribution in [0, 0.1) is 0 Å². The van der Waals surface area contributed by atoms with E-state index in [-0.39, 0.29) is 10.6 Å². The lowest BCUT2D eigenvalue weighted by Crippen LogP contribution is -2.27. The lowest BCUT2D eigenvalue weighted by Gasteiger charge is -2.20. The fourth-order valence-electron chi connectivity index (χ4n) is 1.57. The summed E-state index contributed by atoms with van der Waals surface area (Å²) in [5, 5.41) is 21.0. The Labute approximate surface area is 127 Å². The first-order valence-electron chi connectivity index (χ1n) is 6.28. The molecule has 1 rings (SSSR count). The summed E-state index contributed by atoms with van der Waals surface area (Å²) in [4.78, 5) is 22.2. The molecule has 1 amide bonds. The Morgan fingerprint density at radius 3 is 2.48 bits per heavy atom. The van der Waals surface area contributed by atoms with E-state index in [2.05, 4.69) is 5.32 Å². The second kappa shape index (κ2) is 6.78.